The van der Waals surface area contributed by atoms with E-state index in [2.05, 4.69) is 48.3 Å². The Labute approximate surface area is 122 Å². The van der Waals surface area contributed by atoms with Crippen molar-refractivity contribution >= 4 is 21.2 Å². The van der Waals surface area contributed by atoms with Gasteiger partial charge in [-0.15, -0.1) is 0 Å². The van der Waals surface area contributed by atoms with Gasteiger partial charge in [-0.05, 0) is 51.0 Å². The highest BCUT2D eigenvalue weighted by molar-refractivity contribution is 7.91. The zero-order chi connectivity index (χ0) is 14.6. The summed E-state index contributed by atoms with van der Waals surface area (Å²) in [5.74, 6) is 0.615. The molecule has 0 saturated carbocycles. The highest BCUT2D eigenvalue weighted by Crippen LogP contribution is 2.21. The van der Waals surface area contributed by atoms with Gasteiger partial charge in [0.05, 0.1) is 11.5 Å². The van der Waals surface area contributed by atoms with Gasteiger partial charge in [-0.2, -0.15) is 0 Å². The normalized spacial score (nSPS) is 18.7. The van der Waals surface area contributed by atoms with Gasteiger partial charge in [0.15, 0.2) is 0 Å². The van der Waals surface area contributed by atoms with Gasteiger partial charge in [0.1, 0.15) is 9.84 Å². The van der Waals surface area contributed by atoms with Crippen molar-refractivity contribution in [2.45, 2.75) is 32.7 Å². The van der Waals surface area contributed by atoms with E-state index in [-0.39, 0.29) is 6.04 Å². The predicted molar refractivity (Wildman–Crippen MR) is 85.3 cm³/mol. The molecule has 2 rings (SSSR count). The van der Waals surface area contributed by atoms with E-state index in [9.17, 15) is 8.42 Å². The van der Waals surface area contributed by atoms with Crippen molar-refractivity contribution in [3.05, 3.63) is 24.3 Å². The van der Waals surface area contributed by atoms with Crippen LogP contribution >= 0.6 is 0 Å². The van der Waals surface area contributed by atoms with Gasteiger partial charge in [-0.25, -0.2) is 8.42 Å². The van der Waals surface area contributed by atoms with Crippen LogP contribution in [-0.2, 0) is 9.84 Å². The summed E-state index contributed by atoms with van der Waals surface area (Å²) in [5.41, 5.74) is 2.30. The quantitative estimate of drug-likeness (QED) is 0.907. The molecule has 0 bridgehead atoms. The summed E-state index contributed by atoms with van der Waals surface area (Å²) in [4.78, 5) is 2.30. The van der Waals surface area contributed by atoms with Gasteiger partial charge >= 0.3 is 0 Å². The molecule has 5 heteroatoms. The van der Waals surface area contributed by atoms with Gasteiger partial charge in [-0.1, -0.05) is 0 Å². The summed E-state index contributed by atoms with van der Waals surface area (Å²) < 4.78 is 22.8. The maximum Gasteiger partial charge on any atom is 0.150 e. The highest BCUT2D eigenvalue weighted by atomic mass is 32.2. The molecule has 0 aromatic heterocycles. The number of sulfone groups is 1. The van der Waals surface area contributed by atoms with Crippen LogP contribution in [0.5, 0.6) is 0 Å². The molecular weight excluding hydrogens is 272 g/mol. The van der Waals surface area contributed by atoms with Gasteiger partial charge in [0, 0.05) is 30.5 Å². The maximum absolute atomic E-state index is 11.4. The fourth-order valence-corrected chi connectivity index (χ4v) is 4.12. The number of nitrogens with one attached hydrogen (secondary N) is 1. The van der Waals surface area contributed by atoms with Gasteiger partial charge in [0.2, 0.25) is 0 Å². The molecule has 1 aromatic rings. The predicted octanol–water partition coefficient (Wildman–Crippen LogP) is 2.52. The number of hydrogen-bond donors (Lipinski definition) is 1. The lowest BCUT2D eigenvalue weighted by molar-refractivity contribution is 0.559. The standard InChI is InChI=1S/C15H24N2O2S/c1-3-17(4-2)15-7-5-13(6-8-15)16-14-9-11-20(18,19)12-10-14/h5-8,14,16H,3-4,9-12H2,1-2H3. The lowest BCUT2D eigenvalue weighted by Crippen LogP contribution is -2.32. The fraction of sp³-hybridized carbons (Fsp3) is 0.600. The molecule has 20 heavy (non-hydrogen) atoms. The van der Waals surface area contributed by atoms with Crippen LogP contribution in [0.4, 0.5) is 11.4 Å². The first-order valence-electron chi connectivity index (χ1n) is 7.36. The van der Waals surface area contributed by atoms with Crippen molar-refractivity contribution < 1.29 is 8.42 Å². The second kappa shape index (κ2) is 6.48. The Morgan fingerprint density at radius 2 is 1.65 bits per heavy atom. The molecule has 0 spiro atoms. The third-order valence-electron chi connectivity index (χ3n) is 3.92. The Balaban J connectivity index is 1.94. The molecule has 1 aliphatic heterocycles. The third kappa shape index (κ3) is 3.88. The van der Waals surface area contributed by atoms with Crippen LogP contribution in [0.25, 0.3) is 0 Å². The smallest absolute Gasteiger partial charge is 0.150 e. The molecule has 0 aliphatic carbocycles. The Hall–Kier alpha value is -1.23. The third-order valence-corrected chi connectivity index (χ3v) is 5.64. The highest BCUT2D eigenvalue weighted by Gasteiger charge is 2.23. The largest absolute Gasteiger partial charge is 0.382 e. The first-order valence-corrected chi connectivity index (χ1v) is 9.18. The van der Waals surface area contributed by atoms with Crippen molar-refractivity contribution in [3.8, 4) is 0 Å². The number of anilines is 2. The van der Waals surface area contributed by atoms with E-state index in [1.807, 2.05) is 0 Å². The van der Waals surface area contributed by atoms with Crippen LogP contribution in [-0.4, -0.2) is 39.1 Å². The minimum atomic E-state index is -2.78. The Morgan fingerprint density at radius 1 is 1.10 bits per heavy atom. The molecule has 1 aromatic carbocycles. The van der Waals surface area contributed by atoms with E-state index in [1.54, 1.807) is 0 Å². The molecule has 112 valence electrons. The molecule has 0 unspecified atom stereocenters. The van der Waals surface area contributed by atoms with Crippen LogP contribution in [0.15, 0.2) is 24.3 Å². The van der Waals surface area contributed by atoms with E-state index in [0.29, 0.717) is 24.3 Å². The zero-order valence-corrected chi connectivity index (χ0v) is 13.1. The van der Waals surface area contributed by atoms with Gasteiger partial charge < -0.3 is 10.2 Å². The van der Waals surface area contributed by atoms with Gasteiger partial charge in [-0.3, -0.25) is 0 Å². The second-order valence-corrected chi connectivity index (χ2v) is 7.59. The van der Waals surface area contributed by atoms with E-state index in [0.717, 1.165) is 18.8 Å². The molecular formula is C15H24N2O2S. The van der Waals surface area contributed by atoms with Crippen LogP contribution < -0.4 is 10.2 Å². The average molecular weight is 296 g/mol. The van der Waals surface area contributed by atoms with Crippen molar-refractivity contribution in [2.24, 2.45) is 0 Å². The van der Waals surface area contributed by atoms with Crippen LogP contribution in [0.3, 0.4) is 0 Å². The topological polar surface area (TPSA) is 49.4 Å². The second-order valence-electron chi connectivity index (χ2n) is 5.29. The van der Waals surface area contributed by atoms with Crippen molar-refractivity contribution in [1.29, 1.82) is 0 Å². The number of nitrogens with zero attached hydrogens (tertiary/aromatic N) is 1. The molecule has 1 fully saturated rings. The van der Waals surface area contributed by atoms with Gasteiger partial charge in [0.25, 0.3) is 0 Å². The van der Waals surface area contributed by atoms with Crippen molar-refractivity contribution in [1.82, 2.24) is 0 Å². The molecule has 1 saturated heterocycles. The number of hydrogen-bond acceptors (Lipinski definition) is 4. The van der Waals surface area contributed by atoms with Crippen molar-refractivity contribution in [2.75, 3.05) is 34.8 Å². The summed E-state index contributed by atoms with van der Waals surface area (Å²) in [5, 5.41) is 3.44. The molecule has 1 heterocycles. The average Bonchev–Trinajstić information content (AvgIpc) is 2.44. The molecule has 0 atom stereocenters. The first kappa shape index (κ1) is 15.2. The fourth-order valence-electron chi connectivity index (χ4n) is 2.63. The number of rotatable bonds is 5. The lowest BCUT2D eigenvalue weighted by atomic mass is 10.1. The number of benzene rings is 1. The summed E-state index contributed by atoms with van der Waals surface area (Å²) in [6, 6.07) is 8.68. The molecule has 0 radical (unpaired) electrons. The van der Waals surface area contributed by atoms with E-state index >= 15 is 0 Å². The van der Waals surface area contributed by atoms with Crippen LogP contribution in [0.1, 0.15) is 26.7 Å². The van der Waals surface area contributed by atoms with Crippen LogP contribution in [0, 0.1) is 0 Å². The SMILES string of the molecule is CCN(CC)c1ccc(NC2CCS(=O)(=O)CC2)cc1. The minimum absolute atomic E-state index is 0.276. The monoisotopic (exact) mass is 296 g/mol. The Kier molecular flexibility index (Phi) is 4.91. The maximum atomic E-state index is 11.4. The van der Waals surface area contributed by atoms with E-state index in [1.165, 1.54) is 5.69 Å². The molecule has 1 N–H and O–H groups in total. The molecule has 1 aliphatic rings. The van der Waals surface area contributed by atoms with E-state index in [4.69, 9.17) is 0 Å². The Morgan fingerprint density at radius 3 is 2.15 bits per heavy atom. The molecule has 0 amide bonds. The summed E-state index contributed by atoms with van der Waals surface area (Å²) >= 11 is 0. The summed E-state index contributed by atoms with van der Waals surface area (Å²) in [6.45, 7) is 6.31. The van der Waals surface area contributed by atoms with Crippen LogP contribution in [0.2, 0.25) is 0 Å². The van der Waals surface area contributed by atoms with E-state index < -0.39 is 9.84 Å². The Bertz CT molecular complexity index is 507. The van der Waals surface area contributed by atoms with Crippen molar-refractivity contribution in [3.63, 3.8) is 0 Å². The zero-order valence-electron chi connectivity index (χ0n) is 12.3. The minimum Gasteiger partial charge on any atom is -0.382 e. The summed E-state index contributed by atoms with van der Waals surface area (Å²) in [7, 11) is -2.78. The first-order chi connectivity index (χ1) is 9.54. The summed E-state index contributed by atoms with van der Waals surface area (Å²) in [6.07, 6.45) is 1.42. The lowest BCUT2D eigenvalue weighted by Gasteiger charge is -2.25. The molecule has 4 nitrogen and oxygen atoms in total.